The van der Waals surface area contributed by atoms with Crippen LogP contribution in [-0.2, 0) is 9.53 Å². The summed E-state index contributed by atoms with van der Waals surface area (Å²) < 4.78 is 20.9. The van der Waals surface area contributed by atoms with Gasteiger partial charge in [0.25, 0.3) is 5.56 Å². The van der Waals surface area contributed by atoms with Gasteiger partial charge in [0.15, 0.2) is 4.80 Å². The SMILES string of the molecule is CCOC(=O)C1=C(c2ccccc2)N=c2s/c(=C\c3cc(Cl)cc(Cl)c3O)c(=O)n2[C@H]1c1ccc(F)cc1. The molecule has 0 aliphatic carbocycles. The number of hydrogen-bond donors (Lipinski definition) is 1. The van der Waals surface area contributed by atoms with Gasteiger partial charge in [0.05, 0.1) is 33.5 Å². The van der Waals surface area contributed by atoms with E-state index in [0.717, 1.165) is 11.3 Å². The first-order chi connectivity index (χ1) is 18.3. The van der Waals surface area contributed by atoms with Crippen molar-refractivity contribution in [3.05, 3.63) is 125 Å². The molecule has 0 spiro atoms. The van der Waals surface area contributed by atoms with Crippen molar-refractivity contribution in [3.63, 3.8) is 0 Å². The number of carbonyl (C=O) groups excluding carboxylic acids is 1. The number of phenols is 1. The molecule has 6 nitrogen and oxygen atoms in total. The molecule has 5 rings (SSSR count). The Hall–Kier alpha value is -3.72. The molecule has 10 heteroatoms. The average molecular weight is 569 g/mol. The molecule has 0 radical (unpaired) electrons. The van der Waals surface area contributed by atoms with E-state index in [1.165, 1.54) is 47.0 Å². The number of nitrogens with zero attached hydrogens (tertiary/aromatic N) is 2. The number of ether oxygens (including phenoxy) is 1. The summed E-state index contributed by atoms with van der Waals surface area (Å²) in [7, 11) is 0. The fourth-order valence-corrected chi connectivity index (χ4v) is 5.74. The fraction of sp³-hybridized carbons (Fsp3) is 0.107. The van der Waals surface area contributed by atoms with Gasteiger partial charge in [-0.05, 0) is 42.8 Å². The molecule has 0 saturated heterocycles. The predicted octanol–water partition coefficient (Wildman–Crippen LogP) is 5.09. The topological polar surface area (TPSA) is 80.9 Å². The van der Waals surface area contributed by atoms with Gasteiger partial charge in [-0.25, -0.2) is 14.2 Å². The van der Waals surface area contributed by atoms with E-state index in [-0.39, 0.29) is 38.1 Å². The molecule has 0 fully saturated rings. The molecule has 0 saturated carbocycles. The molecular formula is C28H19Cl2FN2O4S. The molecule has 4 aromatic rings. The second kappa shape index (κ2) is 10.6. The molecule has 38 heavy (non-hydrogen) atoms. The lowest BCUT2D eigenvalue weighted by Crippen LogP contribution is -2.40. The molecular weight excluding hydrogens is 550 g/mol. The second-order valence-electron chi connectivity index (χ2n) is 8.31. The summed E-state index contributed by atoms with van der Waals surface area (Å²) >= 11 is 13.3. The third-order valence-corrected chi connectivity index (χ3v) is 7.39. The van der Waals surface area contributed by atoms with E-state index in [1.54, 1.807) is 19.1 Å². The summed E-state index contributed by atoms with van der Waals surface area (Å²) in [5.74, 6) is -1.33. The van der Waals surface area contributed by atoms with Gasteiger partial charge >= 0.3 is 5.97 Å². The molecule has 1 aliphatic heterocycles. The molecule has 1 aliphatic rings. The molecule has 1 N–H and O–H groups in total. The van der Waals surface area contributed by atoms with Crippen LogP contribution in [0.25, 0.3) is 11.8 Å². The van der Waals surface area contributed by atoms with Gasteiger partial charge in [-0.3, -0.25) is 9.36 Å². The number of carbonyl (C=O) groups is 1. The lowest BCUT2D eigenvalue weighted by atomic mass is 9.93. The van der Waals surface area contributed by atoms with Crippen LogP contribution in [0.3, 0.4) is 0 Å². The average Bonchev–Trinajstić information content (AvgIpc) is 3.21. The highest BCUT2D eigenvalue weighted by atomic mass is 35.5. The van der Waals surface area contributed by atoms with E-state index in [1.807, 2.05) is 18.2 Å². The summed E-state index contributed by atoms with van der Waals surface area (Å²) in [5, 5.41) is 10.8. The summed E-state index contributed by atoms with van der Waals surface area (Å²) in [4.78, 5) is 32.2. The first-order valence-electron chi connectivity index (χ1n) is 11.5. The highest BCUT2D eigenvalue weighted by molar-refractivity contribution is 7.07. The number of rotatable bonds is 5. The zero-order chi connectivity index (χ0) is 27.0. The Balaban J connectivity index is 1.84. The van der Waals surface area contributed by atoms with Gasteiger partial charge in [0.1, 0.15) is 11.6 Å². The standard InChI is InChI=1S/C28H19Cl2FN2O4S/c1-2-37-27(36)22-23(15-6-4-3-5-7-15)32-28-33(24(22)16-8-10-19(31)11-9-16)26(35)21(38-28)13-17-12-18(29)14-20(30)25(17)34/h3-14,24,34H,2H2,1H3/b21-13-/t24-/m0/s1. The third-order valence-electron chi connectivity index (χ3n) is 5.90. The second-order valence-corrected chi connectivity index (χ2v) is 10.2. The Morgan fingerprint density at radius 1 is 1.16 bits per heavy atom. The largest absolute Gasteiger partial charge is 0.506 e. The van der Waals surface area contributed by atoms with E-state index in [4.69, 9.17) is 32.9 Å². The smallest absolute Gasteiger partial charge is 0.338 e. The Morgan fingerprint density at radius 3 is 2.55 bits per heavy atom. The van der Waals surface area contributed by atoms with Gasteiger partial charge in [-0.1, -0.05) is 77.0 Å². The quantitative estimate of drug-likeness (QED) is 0.340. The van der Waals surface area contributed by atoms with Crippen molar-refractivity contribution in [2.24, 2.45) is 4.99 Å². The minimum absolute atomic E-state index is 0.0386. The van der Waals surface area contributed by atoms with Gasteiger partial charge in [0.2, 0.25) is 0 Å². The number of halogens is 3. The zero-order valence-corrected chi connectivity index (χ0v) is 22.1. The Kier molecular flexibility index (Phi) is 7.21. The van der Waals surface area contributed by atoms with Crippen molar-refractivity contribution in [1.82, 2.24) is 4.57 Å². The number of aromatic hydroxyl groups is 1. The van der Waals surface area contributed by atoms with Crippen molar-refractivity contribution in [3.8, 4) is 5.75 Å². The molecule has 1 aromatic heterocycles. The number of thiazole rings is 1. The van der Waals surface area contributed by atoms with E-state index >= 15 is 0 Å². The minimum Gasteiger partial charge on any atom is -0.506 e. The molecule has 0 amide bonds. The maximum absolute atomic E-state index is 13.9. The van der Waals surface area contributed by atoms with Crippen LogP contribution in [0.15, 0.2) is 82.1 Å². The maximum Gasteiger partial charge on any atom is 0.338 e. The lowest BCUT2D eigenvalue weighted by Gasteiger charge is -2.25. The van der Waals surface area contributed by atoms with E-state index in [9.17, 15) is 19.1 Å². The van der Waals surface area contributed by atoms with E-state index in [2.05, 4.69) is 0 Å². The summed E-state index contributed by atoms with van der Waals surface area (Å²) in [6.07, 6.45) is 1.47. The Morgan fingerprint density at radius 2 is 1.87 bits per heavy atom. The normalized spacial score (nSPS) is 15.3. The number of benzene rings is 3. The third kappa shape index (κ3) is 4.78. The van der Waals surface area contributed by atoms with Crippen LogP contribution in [0.2, 0.25) is 10.0 Å². The predicted molar refractivity (Wildman–Crippen MR) is 146 cm³/mol. The van der Waals surface area contributed by atoms with Gasteiger partial charge in [0, 0.05) is 16.1 Å². The molecule has 3 aromatic carbocycles. The van der Waals surface area contributed by atoms with Crippen molar-refractivity contribution < 1.29 is 19.0 Å². The first-order valence-corrected chi connectivity index (χ1v) is 13.1. The van der Waals surface area contributed by atoms with Crippen LogP contribution in [0, 0.1) is 5.82 Å². The Labute approximate surface area is 230 Å². The van der Waals surface area contributed by atoms with E-state index in [0.29, 0.717) is 21.6 Å². The van der Waals surface area contributed by atoms with Crippen molar-refractivity contribution in [2.75, 3.05) is 6.61 Å². The summed E-state index contributed by atoms with van der Waals surface area (Å²) in [5.41, 5.74) is 1.43. The van der Waals surface area contributed by atoms with Gasteiger partial charge in [-0.15, -0.1) is 0 Å². The number of aromatic nitrogens is 1. The molecule has 192 valence electrons. The Bertz CT molecular complexity index is 1760. The van der Waals surface area contributed by atoms with Gasteiger partial charge < -0.3 is 9.84 Å². The molecule has 1 atom stereocenters. The number of esters is 1. The van der Waals surface area contributed by atoms with Crippen molar-refractivity contribution in [2.45, 2.75) is 13.0 Å². The number of fused-ring (bicyclic) bond motifs is 1. The van der Waals surface area contributed by atoms with Crippen molar-refractivity contribution in [1.29, 1.82) is 0 Å². The zero-order valence-electron chi connectivity index (χ0n) is 19.8. The van der Waals surface area contributed by atoms with Gasteiger partial charge in [-0.2, -0.15) is 0 Å². The van der Waals surface area contributed by atoms with Crippen molar-refractivity contribution >= 4 is 52.3 Å². The highest BCUT2D eigenvalue weighted by Gasteiger charge is 2.35. The molecule has 2 heterocycles. The lowest BCUT2D eigenvalue weighted by molar-refractivity contribution is -0.138. The highest BCUT2D eigenvalue weighted by Crippen LogP contribution is 2.35. The van der Waals surface area contributed by atoms with E-state index < -0.39 is 23.4 Å². The summed E-state index contributed by atoms with van der Waals surface area (Å²) in [6.45, 7) is 1.80. The van der Waals surface area contributed by atoms with Crippen LogP contribution in [0.4, 0.5) is 4.39 Å². The number of phenolic OH excluding ortho intramolecular Hbond substituents is 1. The van der Waals surface area contributed by atoms with Crippen LogP contribution >= 0.6 is 34.5 Å². The summed E-state index contributed by atoms with van der Waals surface area (Å²) in [6, 6.07) is 16.6. The van der Waals surface area contributed by atoms with Crippen LogP contribution in [-0.4, -0.2) is 22.2 Å². The molecule has 0 unspecified atom stereocenters. The first kappa shape index (κ1) is 25.9. The molecule has 0 bridgehead atoms. The van der Waals surface area contributed by atoms with Crippen LogP contribution in [0.1, 0.15) is 29.7 Å². The fourth-order valence-electron chi connectivity index (χ4n) is 4.24. The monoisotopic (exact) mass is 568 g/mol. The van der Waals surface area contributed by atoms with Crippen LogP contribution in [0.5, 0.6) is 5.75 Å². The number of hydrogen-bond acceptors (Lipinski definition) is 6. The van der Waals surface area contributed by atoms with Crippen LogP contribution < -0.4 is 14.9 Å². The minimum atomic E-state index is -0.945. The maximum atomic E-state index is 13.9.